The second kappa shape index (κ2) is 7.98. The lowest BCUT2D eigenvalue weighted by atomic mass is 10.0. The predicted octanol–water partition coefficient (Wildman–Crippen LogP) is 3.03. The van der Waals surface area contributed by atoms with Gasteiger partial charge in [-0.25, -0.2) is 14.1 Å². The number of halogens is 1. The van der Waals surface area contributed by atoms with Gasteiger partial charge in [-0.05, 0) is 37.1 Å². The van der Waals surface area contributed by atoms with Crippen molar-refractivity contribution in [2.45, 2.75) is 18.9 Å². The second-order valence-corrected chi connectivity index (χ2v) is 7.97. The highest BCUT2D eigenvalue weighted by molar-refractivity contribution is 5.85. The molecule has 0 saturated carbocycles. The summed E-state index contributed by atoms with van der Waals surface area (Å²) in [6.45, 7) is 1.59. The normalized spacial score (nSPS) is 14.6. The monoisotopic (exact) mass is 428 g/mol. The molecule has 0 aliphatic carbocycles. The number of benzene rings is 2. The lowest BCUT2D eigenvalue weighted by Gasteiger charge is -2.31. The van der Waals surface area contributed by atoms with Gasteiger partial charge in [-0.15, -0.1) is 5.10 Å². The minimum atomic E-state index is -0.587. The molecule has 3 heterocycles. The highest BCUT2D eigenvalue weighted by atomic mass is 19.1. The molecule has 160 valence electrons. The predicted molar refractivity (Wildman–Crippen MR) is 119 cm³/mol. The first-order valence-electron chi connectivity index (χ1n) is 10.4. The van der Waals surface area contributed by atoms with E-state index in [0.717, 1.165) is 48.3 Å². The molecule has 5 rings (SSSR count). The van der Waals surface area contributed by atoms with Crippen molar-refractivity contribution in [2.75, 3.05) is 18.0 Å². The van der Waals surface area contributed by atoms with E-state index in [1.54, 1.807) is 16.9 Å². The van der Waals surface area contributed by atoms with Crippen molar-refractivity contribution in [3.05, 3.63) is 54.0 Å². The summed E-state index contributed by atoms with van der Waals surface area (Å²) < 4.78 is 16.2. The minimum absolute atomic E-state index is 0.00888. The molecule has 0 bridgehead atoms. The summed E-state index contributed by atoms with van der Waals surface area (Å²) in [5.74, 6) is 0.137. The second-order valence-electron chi connectivity index (χ2n) is 7.97. The number of hydrogen-bond donors (Lipinski definition) is 1. The molecule has 8 nitrogen and oxygen atoms in total. The van der Waals surface area contributed by atoms with Crippen LogP contribution in [-0.4, -0.2) is 44.1 Å². The molecule has 1 aliphatic rings. The van der Waals surface area contributed by atoms with E-state index in [9.17, 15) is 4.39 Å². The fourth-order valence-corrected chi connectivity index (χ4v) is 4.01. The molecular formula is C23H21FN8. The zero-order chi connectivity index (χ0) is 22.2. The number of aryl methyl sites for hydroxylation is 1. The van der Waals surface area contributed by atoms with Crippen LogP contribution in [0.15, 0.2) is 42.6 Å². The van der Waals surface area contributed by atoms with Gasteiger partial charge in [0.1, 0.15) is 23.2 Å². The Morgan fingerprint density at radius 3 is 2.59 bits per heavy atom. The average molecular weight is 428 g/mol. The van der Waals surface area contributed by atoms with Gasteiger partial charge in [0.05, 0.1) is 28.7 Å². The molecular weight excluding hydrogens is 407 g/mol. The average Bonchev–Trinajstić information content (AvgIpc) is 3.19. The van der Waals surface area contributed by atoms with Crippen molar-refractivity contribution in [2.24, 2.45) is 12.8 Å². The van der Waals surface area contributed by atoms with Crippen LogP contribution in [-0.2, 0) is 7.05 Å². The van der Waals surface area contributed by atoms with Crippen molar-refractivity contribution in [3.8, 4) is 28.6 Å². The Bertz CT molecular complexity index is 1350. The first-order valence-corrected chi connectivity index (χ1v) is 10.4. The molecule has 1 fully saturated rings. The van der Waals surface area contributed by atoms with Crippen LogP contribution in [0.1, 0.15) is 18.4 Å². The number of nitrogens with two attached hydrogens (primary N) is 1. The first kappa shape index (κ1) is 20.0. The van der Waals surface area contributed by atoms with Gasteiger partial charge in [-0.1, -0.05) is 17.3 Å². The first-order chi connectivity index (χ1) is 15.5. The SMILES string of the molecule is Cn1nnc2cc(-c3ncc(N4CCC(N)CC4)nc3-c3ccc(C#N)c(F)c3)ccc21. The van der Waals surface area contributed by atoms with Crippen LogP contribution in [0.2, 0.25) is 0 Å². The molecule has 2 aromatic carbocycles. The number of rotatable bonds is 3. The summed E-state index contributed by atoms with van der Waals surface area (Å²) in [7, 11) is 1.83. The van der Waals surface area contributed by atoms with Crippen LogP contribution in [0, 0.1) is 17.1 Å². The number of anilines is 1. The maximum atomic E-state index is 14.5. The maximum absolute atomic E-state index is 14.5. The Morgan fingerprint density at radius 1 is 1.09 bits per heavy atom. The van der Waals surface area contributed by atoms with E-state index in [-0.39, 0.29) is 11.6 Å². The van der Waals surface area contributed by atoms with Gasteiger partial charge in [0.25, 0.3) is 0 Å². The van der Waals surface area contributed by atoms with Gasteiger partial charge in [0.15, 0.2) is 0 Å². The fraction of sp³-hybridized carbons (Fsp3) is 0.261. The number of aromatic nitrogens is 5. The third kappa shape index (κ3) is 3.55. The number of nitrogens with zero attached hydrogens (tertiary/aromatic N) is 7. The van der Waals surface area contributed by atoms with Crippen LogP contribution in [0.25, 0.3) is 33.5 Å². The molecule has 0 atom stereocenters. The van der Waals surface area contributed by atoms with Crippen LogP contribution in [0.4, 0.5) is 10.2 Å². The van der Waals surface area contributed by atoms with E-state index in [2.05, 4.69) is 15.2 Å². The number of hydrogen-bond acceptors (Lipinski definition) is 7. The Morgan fingerprint density at radius 2 is 1.84 bits per heavy atom. The molecule has 32 heavy (non-hydrogen) atoms. The number of fused-ring (bicyclic) bond motifs is 1. The number of piperidine rings is 1. The molecule has 0 spiro atoms. The largest absolute Gasteiger partial charge is 0.355 e. The van der Waals surface area contributed by atoms with Gasteiger partial charge in [-0.3, -0.25) is 4.98 Å². The fourth-order valence-electron chi connectivity index (χ4n) is 4.01. The van der Waals surface area contributed by atoms with Crippen LogP contribution in [0.3, 0.4) is 0 Å². The molecule has 2 N–H and O–H groups in total. The van der Waals surface area contributed by atoms with Gasteiger partial charge < -0.3 is 10.6 Å². The van der Waals surface area contributed by atoms with E-state index in [4.69, 9.17) is 21.0 Å². The Kier molecular flexibility index (Phi) is 4.99. The molecule has 2 aromatic heterocycles. The van der Waals surface area contributed by atoms with E-state index in [1.807, 2.05) is 31.3 Å². The summed E-state index contributed by atoms with van der Waals surface area (Å²) in [6.07, 6.45) is 3.51. The molecule has 0 radical (unpaired) electrons. The highest BCUT2D eigenvalue weighted by Gasteiger charge is 2.21. The van der Waals surface area contributed by atoms with Gasteiger partial charge >= 0.3 is 0 Å². The third-order valence-electron chi connectivity index (χ3n) is 5.87. The third-order valence-corrected chi connectivity index (χ3v) is 5.87. The highest BCUT2D eigenvalue weighted by Crippen LogP contribution is 2.33. The Labute approximate surface area is 184 Å². The lowest BCUT2D eigenvalue weighted by Crippen LogP contribution is -2.40. The van der Waals surface area contributed by atoms with Gasteiger partial charge in [0, 0.05) is 37.3 Å². The molecule has 0 amide bonds. The molecule has 1 aliphatic heterocycles. The van der Waals surface area contributed by atoms with Gasteiger partial charge in [0.2, 0.25) is 0 Å². The van der Waals surface area contributed by atoms with Gasteiger partial charge in [-0.2, -0.15) is 5.26 Å². The zero-order valence-corrected chi connectivity index (χ0v) is 17.5. The smallest absolute Gasteiger partial charge is 0.147 e. The van der Waals surface area contributed by atoms with E-state index in [0.29, 0.717) is 17.0 Å². The van der Waals surface area contributed by atoms with Crippen LogP contribution in [0.5, 0.6) is 0 Å². The topological polar surface area (TPSA) is 110 Å². The Hall–Kier alpha value is -3.90. The van der Waals surface area contributed by atoms with Crippen molar-refractivity contribution in [1.29, 1.82) is 5.26 Å². The number of nitriles is 1. The van der Waals surface area contributed by atoms with E-state index < -0.39 is 5.82 Å². The van der Waals surface area contributed by atoms with Crippen LogP contribution >= 0.6 is 0 Å². The quantitative estimate of drug-likeness (QED) is 0.534. The van der Waals surface area contributed by atoms with Crippen molar-refractivity contribution < 1.29 is 4.39 Å². The summed E-state index contributed by atoms with van der Waals surface area (Å²) in [6, 6.07) is 12.3. The zero-order valence-electron chi connectivity index (χ0n) is 17.5. The van der Waals surface area contributed by atoms with Crippen molar-refractivity contribution in [3.63, 3.8) is 0 Å². The van der Waals surface area contributed by atoms with Crippen molar-refractivity contribution >= 4 is 16.9 Å². The molecule has 1 saturated heterocycles. The Balaban J connectivity index is 1.65. The molecule has 9 heteroatoms. The summed E-state index contributed by atoms with van der Waals surface area (Å²) in [5, 5.41) is 17.3. The van der Waals surface area contributed by atoms with E-state index >= 15 is 0 Å². The van der Waals surface area contributed by atoms with E-state index in [1.165, 1.54) is 12.1 Å². The summed E-state index contributed by atoms with van der Waals surface area (Å²) in [4.78, 5) is 11.8. The van der Waals surface area contributed by atoms with Crippen molar-refractivity contribution in [1.82, 2.24) is 25.0 Å². The summed E-state index contributed by atoms with van der Waals surface area (Å²) in [5.41, 5.74) is 10.2. The minimum Gasteiger partial charge on any atom is -0.355 e. The van der Waals surface area contributed by atoms with Crippen LogP contribution < -0.4 is 10.6 Å². The molecule has 0 unspecified atom stereocenters. The maximum Gasteiger partial charge on any atom is 0.147 e. The molecule has 4 aromatic rings. The standard InChI is InChI=1S/C23H21FN8/c1-31-20-5-4-15(11-19(20)29-30-31)22-23(14-2-3-16(12-25)18(24)10-14)28-21(13-27-22)32-8-6-17(26)7-9-32/h2-5,10-11,13,17H,6-9,26H2,1H3. The summed E-state index contributed by atoms with van der Waals surface area (Å²) >= 11 is 0. The lowest BCUT2D eigenvalue weighted by molar-refractivity contribution is 0.498.